The van der Waals surface area contributed by atoms with Gasteiger partial charge in [-0.1, -0.05) is 29.0 Å². The molecule has 2 heterocycles. The van der Waals surface area contributed by atoms with Crippen LogP contribution < -0.4 is 15.8 Å². The van der Waals surface area contributed by atoms with Crippen LogP contribution in [0.2, 0.25) is 0 Å². The zero-order valence-corrected chi connectivity index (χ0v) is 30.2. The van der Waals surface area contributed by atoms with Gasteiger partial charge in [-0.3, -0.25) is 14.4 Å². The number of hydrogen-bond acceptors (Lipinski definition) is 16. The average Bonchev–Trinajstić information content (AvgIpc) is 3.13. The zero-order valence-electron chi connectivity index (χ0n) is 28.6. The zero-order chi connectivity index (χ0) is 38.6. The van der Waals surface area contributed by atoms with E-state index in [1.165, 1.54) is 25.3 Å². The molecule has 284 valence electrons. The molecule has 6 atom stereocenters. The van der Waals surface area contributed by atoms with Gasteiger partial charge in [-0.25, -0.2) is 9.78 Å². The molecule has 0 spiro atoms. The van der Waals surface area contributed by atoms with Crippen molar-refractivity contribution in [3.63, 3.8) is 0 Å². The second-order valence-corrected chi connectivity index (χ2v) is 14.9. The lowest BCUT2D eigenvalue weighted by molar-refractivity contribution is -0.247. The molecular formula is C35H39N3O13S2. The molecule has 2 aliphatic carbocycles. The van der Waals surface area contributed by atoms with Gasteiger partial charge in [-0.2, -0.15) is 0 Å². The van der Waals surface area contributed by atoms with Crippen LogP contribution in [0.3, 0.4) is 0 Å². The molecule has 1 amide bonds. The smallest absolute Gasteiger partial charge is 0.404 e. The first-order chi connectivity index (χ1) is 25.2. The third-order valence-corrected chi connectivity index (χ3v) is 11.3. The number of nitrogens with zero attached hydrogens (tertiary/aromatic N) is 1. The molecule has 9 N–H and O–H groups in total. The van der Waals surface area contributed by atoms with Crippen LogP contribution in [0, 0.1) is 0 Å². The molecule has 6 rings (SSSR count). The molecule has 3 aromatic rings. The Balaban J connectivity index is 0.000000326. The van der Waals surface area contributed by atoms with Crippen LogP contribution in [0.5, 0.6) is 17.2 Å². The molecule has 0 unspecified atom stereocenters. The van der Waals surface area contributed by atoms with Gasteiger partial charge in [-0.05, 0) is 35.9 Å². The van der Waals surface area contributed by atoms with E-state index in [1.54, 1.807) is 34.7 Å². The number of nitrogens with one attached hydrogen (secondary N) is 1. The van der Waals surface area contributed by atoms with Crippen LogP contribution in [0.25, 0.3) is 0 Å². The highest BCUT2D eigenvalue weighted by molar-refractivity contribution is 8.76. The Hall–Kier alpha value is -4.27. The first-order valence-corrected chi connectivity index (χ1v) is 18.7. The number of amides is 1. The number of nitrogens with two attached hydrogens (primary N) is 1. The van der Waals surface area contributed by atoms with E-state index in [4.69, 9.17) is 25.1 Å². The lowest BCUT2D eigenvalue weighted by atomic mass is 9.72. The normalized spacial score (nSPS) is 24.5. The molecule has 1 aliphatic heterocycles. The first-order valence-electron chi connectivity index (χ1n) is 16.4. The number of Topliss-reactive ketones (excluding diaryl/α,β-unsaturated/α-hetero) is 1. The molecule has 53 heavy (non-hydrogen) atoms. The molecule has 1 aromatic heterocycles. The number of rotatable bonds is 10. The number of aliphatic hydroxyl groups is 3. The van der Waals surface area contributed by atoms with Gasteiger partial charge in [0.2, 0.25) is 5.78 Å². The van der Waals surface area contributed by atoms with Gasteiger partial charge in [0.05, 0.1) is 42.1 Å². The summed E-state index contributed by atoms with van der Waals surface area (Å²) < 4.78 is 17.0. The Kier molecular flexibility index (Phi) is 12.7. The largest absolute Gasteiger partial charge is 0.507 e. The molecule has 3 aliphatic rings. The van der Waals surface area contributed by atoms with E-state index in [0.29, 0.717) is 6.54 Å². The summed E-state index contributed by atoms with van der Waals surface area (Å²) in [5.41, 5.74) is 2.37. The topological polar surface area (TPSA) is 268 Å². The minimum absolute atomic E-state index is 0.0173. The Morgan fingerprint density at radius 3 is 2.47 bits per heavy atom. The standard InChI is InChI=1S/C27H29NO11.C8H10N2O2S2/c1-10-22(31)13(28)6-17(38-10)39-15-8-27(36,16(30)9-29)7-12-19(15)26(35)21-20(24(12)33)23(32)11-4-3-5-14(37-2)18(11)25(21)34;11-8(12)10-5-6-13-14-7-3-1-2-4-9-7/h3-5,10,13,15,17,22,29,31,33,35-36H,6-9,28H2,1-2H3;1-4,10H,5-6H2,(H,11,12)/t10-,13-,15-,17-,22+,27-;/m0./s1. The molecule has 18 heteroatoms. The van der Waals surface area contributed by atoms with Gasteiger partial charge < -0.3 is 55.9 Å². The summed E-state index contributed by atoms with van der Waals surface area (Å²) in [5.74, 6) is -3.05. The van der Waals surface area contributed by atoms with E-state index in [0.717, 1.165) is 10.8 Å². The number of benzene rings is 2. The molecule has 0 radical (unpaired) electrons. The summed E-state index contributed by atoms with van der Waals surface area (Å²) in [4.78, 5) is 53.9. The Morgan fingerprint density at radius 2 is 1.83 bits per heavy atom. The number of aromatic nitrogens is 1. The van der Waals surface area contributed by atoms with Crippen molar-refractivity contribution in [3.8, 4) is 17.2 Å². The van der Waals surface area contributed by atoms with Crippen molar-refractivity contribution in [1.29, 1.82) is 0 Å². The number of pyridine rings is 1. The number of phenols is 2. The van der Waals surface area contributed by atoms with Gasteiger partial charge in [0.15, 0.2) is 17.9 Å². The number of aliphatic hydroxyl groups excluding tert-OH is 2. The van der Waals surface area contributed by atoms with Gasteiger partial charge in [-0.15, -0.1) is 0 Å². The summed E-state index contributed by atoms with van der Waals surface area (Å²) in [6.45, 7) is 1.02. The maximum Gasteiger partial charge on any atom is 0.404 e. The summed E-state index contributed by atoms with van der Waals surface area (Å²) >= 11 is 0. The van der Waals surface area contributed by atoms with Crippen molar-refractivity contribution in [2.45, 2.75) is 67.5 Å². The molecule has 2 aromatic carbocycles. The molecule has 0 bridgehead atoms. The second-order valence-electron chi connectivity index (χ2n) is 12.5. The van der Waals surface area contributed by atoms with Crippen LogP contribution >= 0.6 is 21.6 Å². The van der Waals surface area contributed by atoms with E-state index in [9.17, 15) is 44.7 Å². The van der Waals surface area contributed by atoms with Crippen molar-refractivity contribution < 1.29 is 64.0 Å². The van der Waals surface area contributed by atoms with Crippen molar-refractivity contribution in [3.05, 3.63) is 76.0 Å². The lowest BCUT2D eigenvalue weighted by Gasteiger charge is -2.42. The van der Waals surface area contributed by atoms with Gasteiger partial charge >= 0.3 is 6.09 Å². The fraction of sp³-hybridized carbons (Fsp3) is 0.400. The summed E-state index contributed by atoms with van der Waals surface area (Å²) in [6, 6.07) is 9.34. The number of fused-ring (bicyclic) bond motifs is 3. The van der Waals surface area contributed by atoms with Crippen molar-refractivity contribution in [2.24, 2.45) is 5.73 Å². The minimum Gasteiger partial charge on any atom is -0.507 e. The first kappa shape index (κ1) is 39.9. The highest BCUT2D eigenvalue weighted by Crippen LogP contribution is 2.52. The van der Waals surface area contributed by atoms with Crippen LogP contribution in [0.15, 0.2) is 47.6 Å². The van der Waals surface area contributed by atoms with E-state index >= 15 is 0 Å². The van der Waals surface area contributed by atoms with Gasteiger partial charge in [0, 0.05) is 60.5 Å². The molecule has 1 saturated heterocycles. The highest BCUT2D eigenvalue weighted by atomic mass is 33.1. The summed E-state index contributed by atoms with van der Waals surface area (Å²) in [5, 5.41) is 65.2. The number of carbonyl (C=O) groups excluding carboxylic acids is 3. The fourth-order valence-electron chi connectivity index (χ4n) is 6.45. The van der Waals surface area contributed by atoms with Crippen molar-refractivity contribution in [2.75, 3.05) is 26.0 Å². The SMILES string of the molecule is COc1cccc2c1C(=O)c1c(O)c3c(c(O)c1C2=O)C[C@@](O)(C(=O)CO)C[C@@H]3O[C@H]1C[C@H](N)[C@H](O)[C@H](C)O1.O=C(O)NCCSSc1ccccn1. The van der Waals surface area contributed by atoms with E-state index in [-0.39, 0.29) is 34.4 Å². The summed E-state index contributed by atoms with van der Waals surface area (Å²) in [6.07, 6.45) is -4.37. The Morgan fingerprint density at radius 1 is 1.09 bits per heavy atom. The average molecular weight is 774 g/mol. The van der Waals surface area contributed by atoms with Crippen LogP contribution in [-0.4, -0.2) is 115 Å². The number of hydrogen-bond donors (Lipinski definition) is 8. The molecule has 1 fully saturated rings. The van der Waals surface area contributed by atoms with Crippen LogP contribution in [0.1, 0.15) is 68.8 Å². The lowest BCUT2D eigenvalue weighted by Crippen LogP contribution is -2.53. The number of carbonyl (C=O) groups is 4. The predicted octanol–water partition coefficient (Wildman–Crippen LogP) is 2.09. The maximum atomic E-state index is 13.6. The van der Waals surface area contributed by atoms with Gasteiger partial charge in [0.25, 0.3) is 0 Å². The van der Waals surface area contributed by atoms with E-state index in [2.05, 4.69) is 10.3 Å². The van der Waals surface area contributed by atoms with Crippen LogP contribution in [-0.2, 0) is 20.7 Å². The van der Waals surface area contributed by atoms with E-state index < -0.39 is 102 Å². The number of phenolic OH excluding ortho intramolecular Hbond substituents is 2. The quantitative estimate of drug-likeness (QED) is 0.0651. The third-order valence-electron chi connectivity index (χ3n) is 9.05. The van der Waals surface area contributed by atoms with E-state index in [1.807, 2.05) is 18.2 Å². The molecular weight excluding hydrogens is 735 g/mol. The highest BCUT2D eigenvalue weighted by Gasteiger charge is 2.50. The molecule has 16 nitrogen and oxygen atoms in total. The Bertz CT molecular complexity index is 1870. The van der Waals surface area contributed by atoms with Crippen molar-refractivity contribution in [1.82, 2.24) is 10.3 Å². The number of ether oxygens (including phenoxy) is 3. The predicted molar refractivity (Wildman–Crippen MR) is 190 cm³/mol. The monoisotopic (exact) mass is 773 g/mol. The number of aromatic hydroxyl groups is 2. The van der Waals surface area contributed by atoms with Crippen LogP contribution in [0.4, 0.5) is 4.79 Å². The minimum atomic E-state index is -2.24. The Labute approximate surface area is 311 Å². The van der Waals surface area contributed by atoms with Crippen molar-refractivity contribution >= 4 is 45.0 Å². The van der Waals surface area contributed by atoms with Gasteiger partial charge in [0.1, 0.15) is 34.5 Å². The number of ketones is 3. The molecule has 0 saturated carbocycles. The fourth-order valence-corrected chi connectivity index (χ4v) is 8.23. The summed E-state index contributed by atoms with van der Waals surface area (Å²) in [7, 11) is 4.44. The number of methoxy groups -OCH3 is 1. The maximum absolute atomic E-state index is 13.6. The number of carboxylic acid groups (broad SMARTS) is 1. The third kappa shape index (κ3) is 8.29. The second kappa shape index (κ2) is 16.8.